The predicted octanol–water partition coefficient (Wildman–Crippen LogP) is 33.0. The summed E-state index contributed by atoms with van der Waals surface area (Å²) in [5.41, 5.74) is 18.7. The summed E-state index contributed by atoms with van der Waals surface area (Å²) < 4.78 is 18.2. The molecule has 6 aromatic rings. The van der Waals surface area contributed by atoms with E-state index < -0.39 is 10.8 Å². The molecule has 0 bridgehead atoms. The Morgan fingerprint density at radius 2 is 0.500 bits per heavy atom. The predicted molar refractivity (Wildman–Crippen MR) is 597 cm³/mol. The van der Waals surface area contributed by atoms with Crippen LogP contribution in [-0.2, 0) is 63.0 Å². The van der Waals surface area contributed by atoms with Gasteiger partial charge in [-0.15, -0.1) is 0 Å². The summed E-state index contributed by atoms with van der Waals surface area (Å²) in [7, 11) is 0. The average Bonchev–Trinajstić information content (AvgIpc) is 0.980. The fourth-order valence-corrected chi connectivity index (χ4v) is 22.7. The number of fused-ring (bicyclic) bond motifs is 5. The number of benzene rings is 5. The lowest BCUT2D eigenvalue weighted by Crippen LogP contribution is -2.46. The molecule has 7 aliphatic rings. The van der Waals surface area contributed by atoms with Gasteiger partial charge >= 0.3 is 0 Å². The number of amides is 8. The fraction of sp³-hybridized carbons (Fsp3) is 0.656. The molecule has 780 valence electrons. The minimum absolute atomic E-state index is 0.0183. The number of allylic oxidation sites excluding steroid dienone is 2. The number of hydrogen-bond acceptors (Lipinski definition) is 13. The van der Waals surface area contributed by atoms with Crippen LogP contribution in [0.1, 0.15) is 525 Å². The van der Waals surface area contributed by atoms with E-state index in [1.165, 1.54) is 172 Å². The van der Waals surface area contributed by atoms with Crippen LogP contribution in [0.3, 0.4) is 0 Å². The monoisotopic (exact) mass is 1980 g/mol. The number of aromatic nitrogens is 2. The minimum Gasteiger partial charge on any atom is -0.311 e. The highest BCUT2D eigenvalue weighted by Gasteiger charge is 2.54. The maximum Gasteiger partial charge on any atom is 0.261 e. The SMILES string of the molecule is CC(C)(C)c1c2c(c(C(C)(C)C)c3nsnc13)N=S=N2.CCCCCCCCN1C(=O)/C(=C2/C(=O)N(CCCCCCCC)c3cc(C(C)(C)C)ccc32)c2ccc(C(C)(C)C)cc21.CCCCCCCCN1C(=O)C2=C(C(C)(C)C)N(CCCCCCCC)C(=O)C2=C1C(C)(C)C.CCCCCCCCN1C(=O)c2cc(C(C)(C)C)c3c4c(cc(C(C)(C)C)c(c24)C1=O)C(=O)N(CCCCCCCC)C3=O. The van der Waals surface area contributed by atoms with Crippen molar-refractivity contribution in [2.24, 2.45) is 19.6 Å². The van der Waals surface area contributed by atoms with Gasteiger partial charge in [-0.1, -0.05) is 425 Å². The third-order valence-corrected chi connectivity index (χ3v) is 30.4. The van der Waals surface area contributed by atoms with Gasteiger partial charge < -0.3 is 19.6 Å². The molecule has 20 heteroatoms. The molecule has 0 atom stereocenters. The average molecular weight is 1980 g/mol. The smallest absolute Gasteiger partial charge is 0.261 e. The molecule has 1 aromatic heterocycles. The summed E-state index contributed by atoms with van der Waals surface area (Å²) in [6, 6.07) is 16.6. The standard InChI is InChI=1S/C40H58N2O2.C38H54N2O4.C30H52N2O2.C14H18N4S2/c1-9-11-13-15-17-19-25-41-33-27-29(39(3,4)5)21-23-31(33)35(37(41)43)36-32-24-22-30(40(6,7)8)28-34(32)42(38(36)44)26-20-18-16-14-12-10-2;1-9-11-13-15-17-19-21-39-33(41)25-23-28(38(6,7)8)32-30-26(24-27(37(3,4)5)31(29(25)30)35(39)43)34(42)40(36(32)44)22-20-18-16-14-12-10-2;1-9-11-13-15-17-19-21-31-25(29(3,4)5)23-24(27(31)33)26(30(6,7)8)32(28(23)34)22-20-18-16-14-12-10-2;1-13(2,3)7-9-11(17-19-15-9)8(14(4,5)6)12-10(7)16-20-18-12/h21-24,27-28H,9-20,25-26H2,1-8H3;23-24H,9-22H2,1-8H3;9-22H2,1-8H3;1-6H3/b36-35+;;;. The number of nitrogens with zero attached hydrogens (tertiary/aromatic N) is 10. The highest BCUT2D eigenvalue weighted by molar-refractivity contribution is 7.58. The third-order valence-electron chi connectivity index (χ3n) is 29.3. The second-order valence-corrected chi connectivity index (χ2v) is 50.8. The maximum atomic E-state index is 14.4. The van der Waals surface area contributed by atoms with E-state index in [0.717, 1.165) is 181 Å². The summed E-state index contributed by atoms with van der Waals surface area (Å²) >= 11 is 2.55. The van der Waals surface area contributed by atoms with Crippen LogP contribution in [0.15, 0.2) is 79.8 Å². The molecule has 0 unspecified atom stereocenters. The van der Waals surface area contributed by atoms with Gasteiger partial charge in [-0.05, 0) is 118 Å². The van der Waals surface area contributed by atoms with Gasteiger partial charge in [0.15, 0.2) is 0 Å². The van der Waals surface area contributed by atoms with Gasteiger partial charge in [0, 0.05) is 106 Å². The molecule has 0 fully saturated rings. The van der Waals surface area contributed by atoms with Crippen LogP contribution in [0.5, 0.6) is 0 Å². The summed E-state index contributed by atoms with van der Waals surface area (Å²) in [4.78, 5) is 124. The van der Waals surface area contributed by atoms with Crippen molar-refractivity contribution in [3.63, 3.8) is 0 Å². The Kier molecular flexibility index (Phi) is 40.0. The van der Waals surface area contributed by atoms with Gasteiger partial charge in [-0.2, -0.15) is 17.5 Å². The minimum atomic E-state index is -0.464. The molecule has 7 aliphatic heterocycles. The van der Waals surface area contributed by atoms with Crippen molar-refractivity contribution in [1.29, 1.82) is 0 Å². The van der Waals surface area contributed by atoms with Gasteiger partial charge in [0.05, 0.1) is 67.9 Å². The van der Waals surface area contributed by atoms with Crippen molar-refractivity contribution in [2.45, 2.75) is 471 Å². The molecule has 8 amide bonds. The highest BCUT2D eigenvalue weighted by atomic mass is 32.1. The Bertz CT molecular complexity index is 5370. The summed E-state index contributed by atoms with van der Waals surface area (Å²) in [5, 5.41) is 0.982. The fourth-order valence-electron chi connectivity index (χ4n) is 21.6. The van der Waals surface area contributed by atoms with Crippen molar-refractivity contribution < 1.29 is 38.4 Å². The quantitative estimate of drug-likeness (QED) is 0.0201. The lowest BCUT2D eigenvalue weighted by molar-refractivity contribution is -0.125. The highest BCUT2D eigenvalue weighted by Crippen LogP contribution is 2.55. The lowest BCUT2D eigenvalue weighted by atomic mass is 9.72. The molecule has 0 spiro atoms. The lowest BCUT2D eigenvalue weighted by Gasteiger charge is -2.38. The normalized spacial score (nSPS) is 16.1. The number of rotatable bonds is 42. The Morgan fingerprint density at radius 3 is 0.754 bits per heavy atom. The van der Waals surface area contributed by atoms with E-state index in [2.05, 4.69) is 220 Å². The molecular formula is C122H182N10O8S2. The zero-order valence-corrected chi connectivity index (χ0v) is 95.5. The van der Waals surface area contributed by atoms with E-state index in [0.29, 0.717) is 94.6 Å². The van der Waals surface area contributed by atoms with E-state index >= 15 is 0 Å². The van der Waals surface area contributed by atoms with Crippen molar-refractivity contribution in [3.05, 3.63) is 138 Å². The summed E-state index contributed by atoms with van der Waals surface area (Å²) in [5.74, 6) is -1.19. The Hall–Kier alpha value is -8.62. The molecule has 0 aliphatic carbocycles. The zero-order valence-electron chi connectivity index (χ0n) is 93.9. The van der Waals surface area contributed by atoms with Gasteiger partial charge in [0.2, 0.25) is 0 Å². The number of imide groups is 2. The molecule has 0 N–H and O–H groups in total. The molecule has 5 aromatic carbocycles. The van der Waals surface area contributed by atoms with Crippen molar-refractivity contribution in [1.82, 2.24) is 28.3 Å². The molecule has 0 saturated carbocycles. The van der Waals surface area contributed by atoms with Crippen LogP contribution >= 0.6 is 11.7 Å². The van der Waals surface area contributed by atoms with E-state index in [1.807, 2.05) is 73.3 Å². The summed E-state index contributed by atoms with van der Waals surface area (Å²) in [6.07, 6.45) is 41.1. The van der Waals surface area contributed by atoms with Crippen LogP contribution in [-0.4, -0.2) is 115 Å². The first kappa shape index (κ1) is 115. The first-order valence-corrected chi connectivity index (χ1v) is 56.9. The van der Waals surface area contributed by atoms with Gasteiger partial charge in [0.25, 0.3) is 47.3 Å². The Labute approximate surface area is 864 Å². The molecular weight excluding hydrogens is 1800 g/mol. The number of carbonyl (C=O) groups is 8. The number of anilines is 2. The summed E-state index contributed by atoms with van der Waals surface area (Å²) in [6.45, 7) is 68.4. The number of hydrogen-bond donors (Lipinski definition) is 0. The van der Waals surface area contributed by atoms with E-state index in [4.69, 9.17) is 0 Å². The van der Waals surface area contributed by atoms with Crippen LogP contribution in [0, 0.1) is 10.8 Å². The molecule has 13 rings (SSSR count). The van der Waals surface area contributed by atoms with Gasteiger partial charge in [0.1, 0.15) is 22.4 Å². The second kappa shape index (κ2) is 49.3. The maximum absolute atomic E-state index is 14.4. The van der Waals surface area contributed by atoms with Gasteiger partial charge in [-0.25, -0.2) is 0 Å². The zero-order chi connectivity index (χ0) is 105. The van der Waals surface area contributed by atoms with Crippen LogP contribution in [0.2, 0.25) is 0 Å². The number of unbranched alkanes of at least 4 members (excludes halogenated alkanes) is 30. The first-order chi connectivity index (χ1) is 66.8. The van der Waals surface area contributed by atoms with Gasteiger partial charge in [-0.3, -0.25) is 48.2 Å². The van der Waals surface area contributed by atoms with Crippen molar-refractivity contribution >= 4 is 126 Å². The first-order valence-electron chi connectivity index (χ1n) is 55.5. The Balaban J connectivity index is 0.000000201. The Morgan fingerprint density at radius 1 is 0.246 bits per heavy atom. The molecule has 18 nitrogen and oxygen atoms in total. The molecule has 0 saturated heterocycles. The van der Waals surface area contributed by atoms with Crippen LogP contribution in [0.4, 0.5) is 22.7 Å². The van der Waals surface area contributed by atoms with Crippen molar-refractivity contribution in [2.75, 3.05) is 49.1 Å². The second-order valence-electron chi connectivity index (χ2n) is 49.7. The van der Waals surface area contributed by atoms with Crippen LogP contribution < -0.4 is 9.80 Å². The van der Waals surface area contributed by atoms with E-state index in [9.17, 15) is 38.4 Å². The topological polar surface area (TPSA) is 206 Å². The van der Waals surface area contributed by atoms with Crippen molar-refractivity contribution in [3.8, 4) is 0 Å². The number of carbonyl (C=O) groups excluding carboxylic acids is 8. The van der Waals surface area contributed by atoms with E-state index in [1.54, 1.807) is 0 Å². The van der Waals surface area contributed by atoms with Crippen LogP contribution in [0.25, 0.3) is 33.0 Å². The molecule has 8 heterocycles. The van der Waals surface area contributed by atoms with E-state index in [-0.39, 0.29) is 79.7 Å². The largest absolute Gasteiger partial charge is 0.311 e. The molecule has 0 radical (unpaired) electrons. The molecule has 142 heavy (non-hydrogen) atoms. The third kappa shape index (κ3) is 26.7.